The third-order valence-corrected chi connectivity index (χ3v) is 5.07. The number of rotatable bonds is 7. The largest absolute Gasteiger partial charge is 0.495 e. The zero-order valence-electron chi connectivity index (χ0n) is 12.2. The summed E-state index contributed by atoms with van der Waals surface area (Å²) in [5, 5.41) is 2.64. The molecule has 118 valence electrons. The van der Waals surface area contributed by atoms with Crippen LogP contribution in [0.5, 0.6) is 5.75 Å². The van der Waals surface area contributed by atoms with E-state index < -0.39 is 10.0 Å². The third-order valence-electron chi connectivity index (χ3n) is 2.75. The zero-order chi connectivity index (χ0) is 16.0. The smallest absolute Gasteiger partial charge is 0.247 e. The van der Waals surface area contributed by atoms with E-state index >= 15 is 0 Å². The van der Waals surface area contributed by atoms with Gasteiger partial charge in [0.05, 0.1) is 13.7 Å². The molecule has 0 bridgehead atoms. The molecule has 1 rings (SSSR count). The van der Waals surface area contributed by atoms with Gasteiger partial charge in [0.1, 0.15) is 10.6 Å². The second kappa shape index (κ2) is 7.77. The summed E-state index contributed by atoms with van der Waals surface area (Å²) in [6.07, 6.45) is 0.793. The van der Waals surface area contributed by atoms with Crippen molar-refractivity contribution in [3.63, 3.8) is 0 Å². The topological polar surface area (TPSA) is 75.7 Å². The van der Waals surface area contributed by atoms with Gasteiger partial charge in [0.2, 0.25) is 15.9 Å². The number of benzene rings is 1. The first-order chi connectivity index (χ1) is 9.82. The lowest BCUT2D eigenvalue weighted by Crippen LogP contribution is -2.38. The fourth-order valence-corrected chi connectivity index (χ4v) is 3.44. The monoisotopic (exact) mass is 378 g/mol. The highest BCUT2D eigenvalue weighted by Gasteiger charge is 2.26. The summed E-state index contributed by atoms with van der Waals surface area (Å²) in [5.41, 5.74) is 0. The van der Waals surface area contributed by atoms with Gasteiger partial charge in [-0.05, 0) is 24.6 Å². The summed E-state index contributed by atoms with van der Waals surface area (Å²) >= 11 is 3.23. The number of hydrogen-bond acceptors (Lipinski definition) is 4. The molecule has 0 atom stereocenters. The molecule has 6 nitrogen and oxygen atoms in total. The average molecular weight is 379 g/mol. The Hall–Kier alpha value is -1.12. The molecule has 0 aliphatic heterocycles. The van der Waals surface area contributed by atoms with E-state index in [9.17, 15) is 13.2 Å². The number of nitrogens with zero attached hydrogens (tertiary/aromatic N) is 1. The van der Waals surface area contributed by atoms with Gasteiger partial charge < -0.3 is 10.1 Å². The van der Waals surface area contributed by atoms with Gasteiger partial charge >= 0.3 is 0 Å². The Labute approximate surface area is 133 Å². The summed E-state index contributed by atoms with van der Waals surface area (Å²) in [7, 11) is -1.05. The Kier molecular flexibility index (Phi) is 6.63. The maximum Gasteiger partial charge on any atom is 0.247 e. The Morgan fingerprint density at radius 2 is 2.10 bits per heavy atom. The van der Waals surface area contributed by atoms with E-state index in [0.29, 0.717) is 11.0 Å². The Balaban J connectivity index is 3.00. The van der Waals surface area contributed by atoms with E-state index in [4.69, 9.17) is 4.74 Å². The van der Waals surface area contributed by atoms with Gasteiger partial charge in [-0.25, -0.2) is 8.42 Å². The van der Waals surface area contributed by atoms with Gasteiger partial charge in [-0.3, -0.25) is 4.79 Å². The fraction of sp³-hybridized carbons (Fsp3) is 0.462. The highest BCUT2D eigenvalue weighted by molar-refractivity contribution is 9.10. The van der Waals surface area contributed by atoms with Crippen molar-refractivity contribution in [2.75, 3.05) is 27.2 Å². The minimum atomic E-state index is -3.81. The van der Waals surface area contributed by atoms with Crippen LogP contribution in [0, 0.1) is 0 Å². The van der Waals surface area contributed by atoms with Crippen molar-refractivity contribution < 1.29 is 17.9 Å². The average Bonchev–Trinajstić information content (AvgIpc) is 2.44. The molecule has 1 N–H and O–H groups in total. The van der Waals surface area contributed by atoms with Crippen LogP contribution in [0.25, 0.3) is 0 Å². The van der Waals surface area contributed by atoms with Crippen molar-refractivity contribution in [3.8, 4) is 5.75 Å². The molecule has 0 saturated heterocycles. The standard InChI is InChI=1S/C13H19BrN2O4S/c1-4-7-15-13(17)9-16(2)21(18,19)12-8-10(14)5-6-11(12)20-3/h5-6,8H,4,7,9H2,1-3H3,(H,15,17). The maximum atomic E-state index is 12.5. The summed E-state index contributed by atoms with van der Waals surface area (Å²) < 4.78 is 31.7. The molecule has 0 spiro atoms. The molecular weight excluding hydrogens is 360 g/mol. The molecule has 1 amide bonds. The fourth-order valence-electron chi connectivity index (χ4n) is 1.63. The van der Waals surface area contributed by atoms with E-state index in [0.717, 1.165) is 10.7 Å². The summed E-state index contributed by atoms with van der Waals surface area (Å²) in [4.78, 5) is 11.7. The van der Waals surface area contributed by atoms with E-state index in [1.54, 1.807) is 12.1 Å². The molecule has 0 fully saturated rings. The first-order valence-corrected chi connectivity index (χ1v) is 8.62. The van der Waals surface area contributed by atoms with E-state index in [2.05, 4.69) is 21.2 Å². The number of likely N-dealkylation sites (N-methyl/N-ethyl adjacent to an activating group) is 1. The predicted molar refractivity (Wildman–Crippen MR) is 83.8 cm³/mol. The SMILES string of the molecule is CCCNC(=O)CN(C)S(=O)(=O)c1cc(Br)ccc1OC. The molecule has 0 aromatic heterocycles. The number of hydrogen-bond donors (Lipinski definition) is 1. The Bertz CT molecular complexity index is 604. The van der Waals surface area contributed by atoms with Crippen LogP contribution in [0.1, 0.15) is 13.3 Å². The molecular formula is C13H19BrN2O4S. The molecule has 0 aliphatic rings. The van der Waals surface area contributed by atoms with Crippen molar-refractivity contribution in [2.45, 2.75) is 18.2 Å². The number of nitrogens with one attached hydrogen (secondary N) is 1. The molecule has 0 saturated carbocycles. The van der Waals surface area contributed by atoms with Gasteiger partial charge in [0.15, 0.2) is 0 Å². The summed E-state index contributed by atoms with van der Waals surface area (Å²) in [5.74, 6) is -0.101. The van der Waals surface area contributed by atoms with Gasteiger partial charge in [-0.1, -0.05) is 22.9 Å². The number of halogens is 1. The van der Waals surface area contributed by atoms with E-state index in [1.807, 2.05) is 6.92 Å². The molecule has 0 heterocycles. The van der Waals surface area contributed by atoms with Crippen molar-refractivity contribution in [2.24, 2.45) is 0 Å². The number of carbonyl (C=O) groups excluding carboxylic acids is 1. The second-order valence-electron chi connectivity index (χ2n) is 4.41. The second-order valence-corrected chi connectivity index (χ2v) is 7.34. The lowest BCUT2D eigenvalue weighted by Gasteiger charge is -2.18. The molecule has 8 heteroatoms. The lowest BCUT2D eigenvalue weighted by molar-refractivity contribution is -0.121. The number of amides is 1. The van der Waals surface area contributed by atoms with Crippen LogP contribution in [-0.2, 0) is 14.8 Å². The zero-order valence-corrected chi connectivity index (χ0v) is 14.6. The van der Waals surface area contributed by atoms with Crippen molar-refractivity contribution >= 4 is 31.9 Å². The number of methoxy groups -OCH3 is 1. The maximum absolute atomic E-state index is 12.5. The quantitative estimate of drug-likeness (QED) is 0.781. The van der Waals surface area contributed by atoms with Gasteiger partial charge in [-0.15, -0.1) is 0 Å². The molecule has 21 heavy (non-hydrogen) atoms. The van der Waals surface area contributed by atoms with Gasteiger partial charge in [0.25, 0.3) is 0 Å². The van der Waals surface area contributed by atoms with E-state index in [-0.39, 0.29) is 23.1 Å². The number of carbonyl (C=O) groups is 1. The van der Waals surface area contributed by atoms with Crippen molar-refractivity contribution in [3.05, 3.63) is 22.7 Å². The lowest BCUT2D eigenvalue weighted by atomic mass is 10.3. The van der Waals surface area contributed by atoms with Crippen LogP contribution in [0.2, 0.25) is 0 Å². The van der Waals surface area contributed by atoms with Crippen LogP contribution in [0.15, 0.2) is 27.6 Å². The van der Waals surface area contributed by atoms with Crippen LogP contribution in [0.3, 0.4) is 0 Å². The molecule has 1 aromatic carbocycles. The van der Waals surface area contributed by atoms with Crippen LogP contribution in [-0.4, -0.2) is 45.9 Å². The minimum Gasteiger partial charge on any atom is -0.495 e. The highest BCUT2D eigenvalue weighted by Crippen LogP contribution is 2.29. The number of sulfonamides is 1. The summed E-state index contributed by atoms with van der Waals surface area (Å²) in [6, 6.07) is 4.70. The number of ether oxygens (including phenoxy) is 1. The van der Waals surface area contributed by atoms with Crippen molar-refractivity contribution in [1.82, 2.24) is 9.62 Å². The van der Waals surface area contributed by atoms with E-state index in [1.165, 1.54) is 20.2 Å². The summed E-state index contributed by atoms with van der Waals surface area (Å²) in [6.45, 7) is 2.21. The predicted octanol–water partition coefficient (Wildman–Crippen LogP) is 1.60. The third kappa shape index (κ3) is 4.69. The van der Waals surface area contributed by atoms with Crippen molar-refractivity contribution in [1.29, 1.82) is 0 Å². The first-order valence-electron chi connectivity index (χ1n) is 6.39. The van der Waals surface area contributed by atoms with Crippen LogP contribution >= 0.6 is 15.9 Å². The normalized spacial score (nSPS) is 11.5. The highest BCUT2D eigenvalue weighted by atomic mass is 79.9. The van der Waals surface area contributed by atoms with Crippen LogP contribution < -0.4 is 10.1 Å². The van der Waals surface area contributed by atoms with Crippen LogP contribution in [0.4, 0.5) is 0 Å². The Morgan fingerprint density at radius 3 is 2.67 bits per heavy atom. The minimum absolute atomic E-state index is 0.0187. The Morgan fingerprint density at radius 1 is 1.43 bits per heavy atom. The molecule has 0 aliphatic carbocycles. The molecule has 1 aromatic rings. The van der Waals surface area contributed by atoms with Gasteiger partial charge in [-0.2, -0.15) is 4.31 Å². The van der Waals surface area contributed by atoms with Gasteiger partial charge in [0, 0.05) is 18.1 Å². The molecule has 0 radical (unpaired) electrons. The molecule has 0 unspecified atom stereocenters. The first kappa shape index (κ1) is 17.9.